The van der Waals surface area contributed by atoms with Gasteiger partial charge in [0.1, 0.15) is 0 Å². The van der Waals surface area contributed by atoms with Crippen LogP contribution in [0.5, 0.6) is 5.75 Å². The smallest absolute Gasteiger partial charge is 0.326 e. The normalized spacial score (nSPS) is 9.62. The van der Waals surface area contributed by atoms with E-state index in [2.05, 4.69) is 9.72 Å². The summed E-state index contributed by atoms with van der Waals surface area (Å²) >= 11 is 0. The van der Waals surface area contributed by atoms with E-state index in [0.717, 1.165) is 0 Å². The van der Waals surface area contributed by atoms with E-state index in [0.29, 0.717) is 0 Å². The van der Waals surface area contributed by atoms with Crippen LogP contribution in [-0.4, -0.2) is 23.0 Å². The highest BCUT2D eigenvalue weighted by atomic mass is 16.5. The number of primary amides is 1. The number of aromatic amines is 2. The molecule has 0 saturated carbocycles. The Kier molecular flexibility index (Phi) is 2.18. The number of nitrogens with one attached hydrogen (secondary N) is 2. The van der Waals surface area contributed by atoms with Gasteiger partial charge >= 0.3 is 5.69 Å². The Morgan fingerprint density at radius 3 is 2.46 bits per heavy atom. The number of aromatic nitrogens is 2. The maximum absolute atomic E-state index is 11.0. The fourth-order valence-corrected chi connectivity index (χ4v) is 0.843. The third kappa shape index (κ3) is 1.58. The molecule has 1 aromatic heterocycles. The number of amides is 1. The summed E-state index contributed by atoms with van der Waals surface area (Å²) in [6.45, 7) is 0. The molecular formula is C6H7N3O4. The first-order chi connectivity index (χ1) is 6.06. The number of methoxy groups -OCH3 is 1. The summed E-state index contributed by atoms with van der Waals surface area (Å²) in [5.74, 6) is -1.23. The fraction of sp³-hybridized carbons (Fsp3) is 0.167. The standard InChI is InChI=1S/C6H7N3O4/c1-13-3-2(4(7)10)8-6(12)9-5(3)11/h1H3,(H2,7,10)(H2,8,9,11,12). The minimum Gasteiger partial charge on any atom is -0.489 e. The predicted octanol–water partition coefficient (Wildman–Crippen LogP) is -1.83. The van der Waals surface area contributed by atoms with E-state index < -0.39 is 17.2 Å². The molecule has 0 aliphatic heterocycles. The van der Waals surface area contributed by atoms with Crippen LogP contribution >= 0.6 is 0 Å². The third-order valence-electron chi connectivity index (χ3n) is 1.35. The molecule has 0 saturated heterocycles. The van der Waals surface area contributed by atoms with E-state index in [9.17, 15) is 14.4 Å². The van der Waals surface area contributed by atoms with Crippen molar-refractivity contribution in [1.29, 1.82) is 0 Å². The van der Waals surface area contributed by atoms with Crippen LogP contribution in [-0.2, 0) is 0 Å². The van der Waals surface area contributed by atoms with Crippen LogP contribution in [0, 0.1) is 0 Å². The minimum absolute atomic E-state index is 0.299. The number of carbonyl (C=O) groups is 1. The molecule has 4 N–H and O–H groups in total. The quantitative estimate of drug-likeness (QED) is 0.502. The van der Waals surface area contributed by atoms with E-state index in [1.165, 1.54) is 7.11 Å². The predicted molar refractivity (Wildman–Crippen MR) is 42.8 cm³/mol. The highest BCUT2D eigenvalue weighted by Gasteiger charge is 2.13. The summed E-state index contributed by atoms with van der Waals surface area (Å²) in [7, 11) is 1.19. The number of hydrogen-bond acceptors (Lipinski definition) is 4. The molecule has 1 rings (SSSR count). The summed E-state index contributed by atoms with van der Waals surface area (Å²) in [5.41, 5.74) is 2.95. The lowest BCUT2D eigenvalue weighted by Crippen LogP contribution is -2.29. The molecule has 70 valence electrons. The molecule has 7 nitrogen and oxygen atoms in total. The zero-order valence-electron chi connectivity index (χ0n) is 6.71. The molecule has 0 aromatic carbocycles. The molecule has 0 fully saturated rings. The summed E-state index contributed by atoms with van der Waals surface area (Å²) in [6.07, 6.45) is 0. The van der Waals surface area contributed by atoms with Crippen LogP contribution in [0.4, 0.5) is 0 Å². The van der Waals surface area contributed by atoms with Crippen molar-refractivity contribution >= 4 is 5.91 Å². The van der Waals surface area contributed by atoms with Crippen molar-refractivity contribution in [2.24, 2.45) is 5.73 Å². The number of nitrogens with two attached hydrogens (primary N) is 1. The second kappa shape index (κ2) is 3.13. The zero-order valence-corrected chi connectivity index (χ0v) is 6.71. The van der Waals surface area contributed by atoms with Crippen molar-refractivity contribution < 1.29 is 9.53 Å². The molecule has 0 unspecified atom stereocenters. The zero-order chi connectivity index (χ0) is 10.0. The first-order valence-corrected chi connectivity index (χ1v) is 3.26. The molecule has 1 aromatic rings. The van der Waals surface area contributed by atoms with Gasteiger partial charge in [-0.25, -0.2) is 4.79 Å². The van der Waals surface area contributed by atoms with E-state index in [4.69, 9.17) is 5.73 Å². The number of H-pyrrole nitrogens is 2. The molecule has 0 radical (unpaired) electrons. The van der Waals surface area contributed by atoms with Crippen molar-refractivity contribution in [3.05, 3.63) is 26.5 Å². The molecule has 0 aliphatic carbocycles. The fourth-order valence-electron chi connectivity index (χ4n) is 0.843. The van der Waals surface area contributed by atoms with Crippen LogP contribution in [0.3, 0.4) is 0 Å². The molecule has 0 aliphatic rings. The number of ether oxygens (including phenoxy) is 1. The van der Waals surface area contributed by atoms with Gasteiger partial charge < -0.3 is 10.5 Å². The van der Waals surface area contributed by atoms with Crippen molar-refractivity contribution in [2.75, 3.05) is 7.11 Å². The van der Waals surface area contributed by atoms with Crippen LogP contribution in [0.25, 0.3) is 0 Å². The SMILES string of the molecule is COc1c(C(N)=O)[nH]c(=O)[nH]c1=O. The summed E-state index contributed by atoms with van der Waals surface area (Å²) < 4.78 is 4.58. The maximum Gasteiger partial charge on any atom is 0.326 e. The number of hydrogen-bond donors (Lipinski definition) is 3. The van der Waals surface area contributed by atoms with Gasteiger partial charge in [0.15, 0.2) is 5.69 Å². The Labute approximate surface area is 71.5 Å². The molecule has 13 heavy (non-hydrogen) atoms. The lowest BCUT2D eigenvalue weighted by Gasteiger charge is -2.01. The Morgan fingerprint density at radius 1 is 1.38 bits per heavy atom. The average molecular weight is 185 g/mol. The van der Waals surface area contributed by atoms with Crippen LogP contribution in [0.1, 0.15) is 10.5 Å². The van der Waals surface area contributed by atoms with Crippen molar-refractivity contribution in [3.8, 4) is 5.75 Å². The molecular weight excluding hydrogens is 178 g/mol. The van der Waals surface area contributed by atoms with Crippen LogP contribution in [0.15, 0.2) is 9.59 Å². The number of carbonyl (C=O) groups excluding carboxylic acids is 1. The third-order valence-corrected chi connectivity index (χ3v) is 1.35. The lowest BCUT2D eigenvalue weighted by atomic mass is 10.3. The van der Waals surface area contributed by atoms with Crippen molar-refractivity contribution in [3.63, 3.8) is 0 Å². The summed E-state index contributed by atoms with van der Waals surface area (Å²) in [6, 6.07) is 0. The van der Waals surface area contributed by atoms with E-state index in [-0.39, 0.29) is 11.4 Å². The van der Waals surface area contributed by atoms with Gasteiger partial charge in [0.25, 0.3) is 11.5 Å². The first-order valence-electron chi connectivity index (χ1n) is 3.26. The first kappa shape index (κ1) is 9.04. The van der Waals surface area contributed by atoms with Crippen molar-refractivity contribution in [2.45, 2.75) is 0 Å². The van der Waals surface area contributed by atoms with Gasteiger partial charge in [-0.3, -0.25) is 19.6 Å². The van der Waals surface area contributed by atoms with Gasteiger partial charge in [-0.2, -0.15) is 0 Å². The lowest BCUT2D eigenvalue weighted by molar-refractivity contribution is 0.0991. The van der Waals surface area contributed by atoms with Gasteiger partial charge in [0.2, 0.25) is 5.75 Å². The Balaban J connectivity index is 3.57. The molecule has 7 heteroatoms. The van der Waals surface area contributed by atoms with Crippen LogP contribution in [0.2, 0.25) is 0 Å². The molecule has 0 atom stereocenters. The van der Waals surface area contributed by atoms with E-state index in [1.54, 1.807) is 0 Å². The summed E-state index contributed by atoms with van der Waals surface area (Å²) in [4.78, 5) is 36.3. The average Bonchev–Trinajstić information content (AvgIpc) is 2.02. The van der Waals surface area contributed by atoms with Gasteiger partial charge in [-0.05, 0) is 0 Å². The second-order valence-corrected chi connectivity index (χ2v) is 2.18. The minimum atomic E-state index is -0.931. The van der Waals surface area contributed by atoms with E-state index >= 15 is 0 Å². The van der Waals surface area contributed by atoms with Gasteiger partial charge in [0.05, 0.1) is 7.11 Å². The number of rotatable bonds is 2. The van der Waals surface area contributed by atoms with Crippen LogP contribution < -0.4 is 21.7 Å². The second-order valence-electron chi connectivity index (χ2n) is 2.18. The van der Waals surface area contributed by atoms with Gasteiger partial charge in [-0.1, -0.05) is 0 Å². The molecule has 1 heterocycles. The molecule has 0 bridgehead atoms. The Morgan fingerprint density at radius 2 is 2.00 bits per heavy atom. The van der Waals surface area contributed by atoms with E-state index in [1.807, 2.05) is 4.98 Å². The highest BCUT2D eigenvalue weighted by Crippen LogP contribution is 2.04. The molecule has 1 amide bonds. The largest absolute Gasteiger partial charge is 0.489 e. The van der Waals surface area contributed by atoms with Gasteiger partial charge in [0, 0.05) is 0 Å². The molecule has 0 spiro atoms. The Hall–Kier alpha value is -2.05. The highest BCUT2D eigenvalue weighted by molar-refractivity contribution is 5.93. The maximum atomic E-state index is 11.0. The van der Waals surface area contributed by atoms with Crippen molar-refractivity contribution in [1.82, 2.24) is 9.97 Å². The van der Waals surface area contributed by atoms with Gasteiger partial charge in [-0.15, -0.1) is 0 Å². The summed E-state index contributed by atoms with van der Waals surface area (Å²) in [5, 5.41) is 0. The topological polar surface area (TPSA) is 118 Å². The monoisotopic (exact) mass is 185 g/mol. The Bertz CT molecular complexity index is 444.